The lowest BCUT2D eigenvalue weighted by atomic mass is 9.81. The van der Waals surface area contributed by atoms with Crippen molar-refractivity contribution in [1.29, 1.82) is 0 Å². The van der Waals surface area contributed by atoms with E-state index in [0.29, 0.717) is 143 Å². The number of methoxy groups -OCH3 is 2. The maximum Gasteiger partial charge on any atom is 0.490 e. The van der Waals surface area contributed by atoms with Gasteiger partial charge in [0, 0.05) is 120 Å². The van der Waals surface area contributed by atoms with Crippen LogP contribution < -0.4 is 45.4 Å². The summed E-state index contributed by atoms with van der Waals surface area (Å²) in [5.74, 6) is 0.258. The van der Waals surface area contributed by atoms with E-state index in [4.69, 9.17) is 58.8 Å². The molecular formula is C82H93F5N10O14. The minimum Gasteiger partial charge on any atom is -0.496 e. The number of ether oxygens (including phenoxy) is 7. The molecule has 9 aromatic rings. The van der Waals surface area contributed by atoms with E-state index in [2.05, 4.69) is 25.9 Å². The van der Waals surface area contributed by atoms with E-state index in [0.717, 1.165) is 109 Å². The molecule has 3 fully saturated rings. The van der Waals surface area contributed by atoms with Crippen molar-refractivity contribution >= 4 is 68.9 Å². The summed E-state index contributed by atoms with van der Waals surface area (Å²) in [5.41, 5.74) is 14.2. The van der Waals surface area contributed by atoms with E-state index in [9.17, 15) is 46.9 Å². The third-order valence-electron chi connectivity index (χ3n) is 19.9. The molecule has 111 heavy (non-hydrogen) atoms. The van der Waals surface area contributed by atoms with Crippen LogP contribution in [0.5, 0.6) is 28.7 Å². The van der Waals surface area contributed by atoms with E-state index >= 15 is 0 Å². The van der Waals surface area contributed by atoms with Crippen LogP contribution in [0.1, 0.15) is 121 Å². The smallest absolute Gasteiger partial charge is 0.490 e. The Bertz CT molecular complexity index is 4920. The number of alkyl halides is 3. The van der Waals surface area contributed by atoms with Gasteiger partial charge >= 0.3 is 24.3 Å². The average molecular weight is 1540 g/mol. The number of nitrogens with two attached hydrogens (primary N) is 1. The van der Waals surface area contributed by atoms with Crippen LogP contribution in [0.25, 0.3) is 44.1 Å². The first-order valence-electron chi connectivity index (χ1n) is 36.2. The van der Waals surface area contributed by atoms with Gasteiger partial charge in [-0.1, -0.05) is 62.0 Å². The number of piperidine rings is 3. The number of nitrogen functional groups attached to an aromatic ring is 1. The molecule has 29 heteroatoms. The molecule has 7 aromatic carbocycles. The lowest BCUT2D eigenvalue weighted by molar-refractivity contribution is -0.192. The van der Waals surface area contributed by atoms with Gasteiger partial charge in [0.2, 0.25) is 11.9 Å². The number of carbonyl (C=O) groups is 3. The highest BCUT2D eigenvalue weighted by Crippen LogP contribution is 2.48. The highest BCUT2D eigenvalue weighted by atomic mass is 19.4. The van der Waals surface area contributed by atoms with E-state index in [1.54, 1.807) is 40.4 Å². The van der Waals surface area contributed by atoms with Gasteiger partial charge in [-0.3, -0.25) is 0 Å². The molecule has 0 atom stereocenters. The Labute approximate surface area is 639 Å². The third-order valence-corrected chi connectivity index (χ3v) is 19.9. The predicted molar refractivity (Wildman–Crippen MR) is 409 cm³/mol. The van der Waals surface area contributed by atoms with Crippen LogP contribution in [0.15, 0.2) is 122 Å². The van der Waals surface area contributed by atoms with Crippen LogP contribution in [0.3, 0.4) is 0 Å². The number of halogens is 5. The quantitative estimate of drug-likeness (QED) is 0.0441. The van der Waals surface area contributed by atoms with Gasteiger partial charge in [0.15, 0.2) is 0 Å². The van der Waals surface area contributed by atoms with Gasteiger partial charge in [0.1, 0.15) is 51.6 Å². The van der Waals surface area contributed by atoms with Gasteiger partial charge in [-0.15, -0.1) is 0 Å². The first-order valence-corrected chi connectivity index (χ1v) is 36.2. The second kappa shape index (κ2) is 33.0. The number of fused-ring (bicyclic) bond motifs is 5. The Balaban J connectivity index is 0.000000162. The maximum absolute atomic E-state index is 13.9. The Morgan fingerprint density at radius 2 is 0.901 bits per heavy atom. The second-order valence-corrected chi connectivity index (χ2v) is 29.6. The van der Waals surface area contributed by atoms with Crippen molar-refractivity contribution < 1.29 is 89.9 Å². The van der Waals surface area contributed by atoms with Gasteiger partial charge < -0.3 is 85.1 Å². The summed E-state index contributed by atoms with van der Waals surface area (Å²) in [6, 6.07) is 31.9. The van der Waals surface area contributed by atoms with E-state index < -0.39 is 40.2 Å². The molecule has 15 rings (SSSR count). The van der Waals surface area contributed by atoms with Crippen molar-refractivity contribution in [3.63, 3.8) is 0 Å². The largest absolute Gasteiger partial charge is 0.496 e. The number of nitrogens with zero attached hydrogens (tertiary/aromatic N) is 6. The highest BCUT2D eigenvalue weighted by Gasteiger charge is 2.43. The second-order valence-electron chi connectivity index (χ2n) is 29.6. The molecule has 0 spiro atoms. The van der Waals surface area contributed by atoms with Crippen molar-refractivity contribution in [3.05, 3.63) is 167 Å². The Hall–Kier alpha value is -10.9. The predicted octanol–water partition coefficient (Wildman–Crippen LogP) is 14.7. The number of amides is 2. The lowest BCUT2D eigenvalue weighted by Gasteiger charge is -2.39. The SMILES string of the molecule is C.CC(C)(C)OC(=O)N1CCC(O)(c2ccc(N)c3c2CCO3)CC1.COc1cc(F)ccc1-c1cccc2cnc(Nc3ccc(C4(O)CCN(C(=O)OC(C)(C)C)CC4)c4c3OCC4)nc12.COc1cc(F)ccc1-c1cccc2cnc(Nc3ccc(C4(O)CCNCC4)c4c3OCC4)nc12.O=C(O)C(F)(F)F. The summed E-state index contributed by atoms with van der Waals surface area (Å²) in [6.45, 7) is 16.0. The summed E-state index contributed by atoms with van der Waals surface area (Å²) in [7, 11) is 3.03. The molecule has 0 bridgehead atoms. The van der Waals surface area contributed by atoms with Gasteiger partial charge in [-0.2, -0.15) is 13.2 Å². The molecular weight excluding hydrogens is 1440 g/mol. The van der Waals surface area contributed by atoms with Crippen LogP contribution in [-0.2, 0) is 50.3 Å². The van der Waals surface area contributed by atoms with E-state index in [1.807, 2.05) is 108 Å². The molecule has 6 aliphatic rings. The summed E-state index contributed by atoms with van der Waals surface area (Å²) >= 11 is 0. The van der Waals surface area contributed by atoms with Crippen LogP contribution >= 0.6 is 0 Å². The van der Waals surface area contributed by atoms with Crippen molar-refractivity contribution in [2.24, 2.45) is 0 Å². The molecule has 2 amide bonds. The van der Waals surface area contributed by atoms with Crippen molar-refractivity contribution in [2.75, 3.05) is 89.7 Å². The van der Waals surface area contributed by atoms with Gasteiger partial charge in [-0.25, -0.2) is 43.1 Å². The Kier molecular flexibility index (Phi) is 24.1. The summed E-state index contributed by atoms with van der Waals surface area (Å²) in [4.78, 5) is 55.6. The molecule has 2 aromatic heterocycles. The minimum absolute atomic E-state index is 0. The topological polar surface area (TPSA) is 317 Å². The molecule has 24 nitrogen and oxygen atoms in total. The third kappa shape index (κ3) is 18.3. The minimum atomic E-state index is -5.08. The number of anilines is 5. The summed E-state index contributed by atoms with van der Waals surface area (Å²) < 4.78 is 98.9. The number of carboxylic acids is 1. The number of carbonyl (C=O) groups excluding carboxylic acids is 2. The zero-order valence-electron chi connectivity index (χ0n) is 62.3. The van der Waals surface area contributed by atoms with E-state index in [1.165, 1.54) is 38.5 Å². The first-order chi connectivity index (χ1) is 52.2. The normalized spacial score (nSPS) is 16.5. The fourth-order valence-corrected chi connectivity index (χ4v) is 14.5. The maximum atomic E-state index is 13.9. The number of aliphatic carboxylic acids is 1. The fourth-order valence-electron chi connectivity index (χ4n) is 14.5. The zero-order valence-corrected chi connectivity index (χ0v) is 62.3. The number of rotatable bonds is 11. The molecule has 590 valence electrons. The van der Waals surface area contributed by atoms with Crippen LogP contribution in [0.4, 0.5) is 60.5 Å². The number of hydrogen-bond donors (Lipinski definition) is 8. The summed E-state index contributed by atoms with van der Waals surface area (Å²) in [5, 5.41) is 53.0. The van der Waals surface area contributed by atoms with Crippen LogP contribution in [0, 0.1) is 11.6 Å². The number of para-hydroxylation sites is 2. The standard InChI is InChI=1S/C33H35FN4O5.C28H27FN4O3.C18H26N2O4.C2HF3O2.CH4/c1-32(2,3)43-31(39)38-15-13-33(40,14-16-38)25-10-11-26(29-24(25)12-17-42-29)36-30-35-19-20-6-5-7-23(28(20)37-30)22-9-8-21(34)18-27(22)41-4;1-35-24-15-18(29)5-6-19(24)20-4-2-3-17-16-31-27(33-25(17)20)32-23-8-7-22(21-9-14-36-26(21)23)28(34)10-12-30-13-11-28;1-17(2,3)24-16(21)20-9-7-18(22,8-10-20)13-4-5-14(19)15-12(13)6-11-23-15;3-2(4,5)1(6)7;/h5-11,18-19,40H,12-17H2,1-4H3,(H,35,36,37);2-8,15-16,30,34H,9-14H2,1H3,(H,31,32,33);4-5,22H,6-11,19H2,1-3H3;(H,6,7);1H4. The summed E-state index contributed by atoms with van der Waals surface area (Å²) in [6.07, 6.45) is 3.00. The van der Waals surface area contributed by atoms with Crippen molar-refractivity contribution in [3.8, 4) is 51.0 Å². The lowest BCUT2D eigenvalue weighted by Crippen LogP contribution is -2.47. The van der Waals surface area contributed by atoms with Crippen molar-refractivity contribution in [1.82, 2.24) is 35.1 Å². The molecule has 6 aliphatic heterocycles. The number of nitrogens with one attached hydrogen (secondary N) is 3. The molecule has 0 saturated carbocycles. The number of carboxylic acid groups (broad SMARTS) is 1. The number of aromatic nitrogens is 4. The number of hydrogen-bond acceptors (Lipinski definition) is 21. The monoisotopic (exact) mass is 1540 g/mol. The molecule has 0 radical (unpaired) electrons. The van der Waals surface area contributed by atoms with Gasteiger partial charge in [-0.05, 0) is 152 Å². The number of benzene rings is 7. The van der Waals surface area contributed by atoms with Gasteiger partial charge in [0.05, 0.1) is 78.9 Å². The number of aliphatic hydroxyl groups is 3. The van der Waals surface area contributed by atoms with Gasteiger partial charge in [0.25, 0.3) is 0 Å². The van der Waals surface area contributed by atoms with Crippen molar-refractivity contribution in [2.45, 2.75) is 141 Å². The first kappa shape index (κ1) is 81.1. The highest BCUT2D eigenvalue weighted by molar-refractivity contribution is 5.97. The molecule has 0 unspecified atom stereocenters. The van der Waals surface area contributed by atoms with Crippen LogP contribution in [0.2, 0.25) is 0 Å². The molecule has 9 N–H and O–H groups in total. The fraction of sp³-hybridized carbons (Fsp3) is 0.402. The molecule has 8 heterocycles. The van der Waals surface area contributed by atoms with E-state index in [-0.39, 0.29) is 31.2 Å². The number of likely N-dealkylation sites (tertiary alicyclic amines) is 2. The average Bonchev–Trinajstić information content (AvgIpc) is 1.73. The molecule has 3 saturated heterocycles. The molecule has 0 aliphatic carbocycles. The van der Waals surface area contributed by atoms with Crippen LogP contribution in [-0.4, -0.2) is 159 Å². The zero-order chi connectivity index (χ0) is 78.7. The Morgan fingerprint density at radius 1 is 0.532 bits per heavy atom. The Morgan fingerprint density at radius 3 is 1.28 bits per heavy atom.